The summed E-state index contributed by atoms with van der Waals surface area (Å²) in [5.74, 6) is 0.487. The highest BCUT2D eigenvalue weighted by molar-refractivity contribution is 9.14. The molecule has 0 aliphatic carbocycles. The van der Waals surface area contributed by atoms with E-state index in [0.717, 1.165) is 5.56 Å². The third-order valence-corrected chi connectivity index (χ3v) is 4.80. The summed E-state index contributed by atoms with van der Waals surface area (Å²) in [5.41, 5.74) is 0.850. The Balaban J connectivity index is 2.30. The van der Waals surface area contributed by atoms with Crippen LogP contribution in [0.5, 0.6) is 5.75 Å². The molecule has 0 spiro atoms. The SMILES string of the molecule is Cc1ccccc1OC1=NC=C(Br)S1(=O)=O. The molecule has 0 N–H and O–H groups in total. The van der Waals surface area contributed by atoms with Gasteiger partial charge in [0, 0.05) is 0 Å². The Morgan fingerprint density at radius 2 is 2.00 bits per heavy atom. The van der Waals surface area contributed by atoms with Crippen LogP contribution in [0.2, 0.25) is 0 Å². The van der Waals surface area contributed by atoms with Crippen LogP contribution in [0, 0.1) is 6.92 Å². The fourth-order valence-corrected chi connectivity index (χ4v) is 2.44. The monoisotopic (exact) mass is 301 g/mol. The lowest BCUT2D eigenvalue weighted by Gasteiger charge is -2.07. The summed E-state index contributed by atoms with van der Waals surface area (Å²) in [6, 6.07) is 7.15. The van der Waals surface area contributed by atoms with E-state index in [2.05, 4.69) is 20.9 Å². The van der Waals surface area contributed by atoms with Crippen molar-refractivity contribution in [2.45, 2.75) is 6.92 Å². The van der Waals surface area contributed by atoms with Crippen molar-refractivity contribution in [3.05, 3.63) is 39.8 Å². The van der Waals surface area contributed by atoms with Crippen LogP contribution < -0.4 is 4.74 Å². The molecule has 2 rings (SSSR count). The van der Waals surface area contributed by atoms with E-state index < -0.39 is 9.84 Å². The van der Waals surface area contributed by atoms with Crippen LogP contribution in [0.4, 0.5) is 0 Å². The van der Waals surface area contributed by atoms with Gasteiger partial charge in [0.15, 0.2) is 0 Å². The topological polar surface area (TPSA) is 55.7 Å². The molecule has 0 bridgehead atoms. The molecule has 1 aliphatic heterocycles. The van der Waals surface area contributed by atoms with E-state index >= 15 is 0 Å². The smallest absolute Gasteiger partial charge is 0.320 e. The second-order valence-corrected chi connectivity index (χ2v) is 6.37. The Kier molecular flexibility index (Phi) is 2.86. The molecule has 0 aromatic heterocycles. The van der Waals surface area contributed by atoms with Crippen LogP contribution in [0.3, 0.4) is 0 Å². The van der Waals surface area contributed by atoms with E-state index in [4.69, 9.17) is 4.74 Å². The van der Waals surface area contributed by atoms with Gasteiger partial charge in [0.1, 0.15) is 9.56 Å². The Morgan fingerprint density at radius 3 is 2.56 bits per heavy atom. The van der Waals surface area contributed by atoms with Crippen molar-refractivity contribution in [1.82, 2.24) is 0 Å². The van der Waals surface area contributed by atoms with Crippen LogP contribution in [0.15, 0.2) is 39.3 Å². The molecule has 0 saturated carbocycles. The zero-order chi connectivity index (χ0) is 11.8. The van der Waals surface area contributed by atoms with E-state index in [1.165, 1.54) is 6.20 Å². The van der Waals surface area contributed by atoms with Gasteiger partial charge in [0.05, 0.1) is 6.20 Å². The van der Waals surface area contributed by atoms with Gasteiger partial charge >= 0.3 is 5.23 Å². The number of aliphatic imine (C=N–C) groups is 1. The number of para-hydroxylation sites is 1. The number of hydrogen-bond donors (Lipinski definition) is 0. The number of ether oxygens (including phenoxy) is 1. The molecule has 0 saturated heterocycles. The van der Waals surface area contributed by atoms with Crippen LogP contribution in [-0.4, -0.2) is 13.6 Å². The molecule has 0 radical (unpaired) electrons. The number of sulfone groups is 1. The Hall–Kier alpha value is -1.14. The summed E-state index contributed by atoms with van der Waals surface area (Å²) >= 11 is 2.91. The Bertz CT molecular complexity index is 590. The standard InChI is InChI=1S/C10H8BrNO3S/c1-7-4-2-3-5-8(7)15-10-12-6-9(11)16(10,13)14/h2-6H,1H3. The van der Waals surface area contributed by atoms with Gasteiger partial charge < -0.3 is 4.74 Å². The minimum atomic E-state index is -3.58. The molecule has 0 unspecified atom stereocenters. The summed E-state index contributed by atoms with van der Waals surface area (Å²) in [4.78, 5) is 3.70. The molecule has 84 valence electrons. The zero-order valence-corrected chi connectivity index (χ0v) is 10.7. The maximum absolute atomic E-state index is 11.6. The first kappa shape index (κ1) is 11.3. The van der Waals surface area contributed by atoms with E-state index in [1.807, 2.05) is 19.1 Å². The number of aryl methyl sites for hydroxylation is 1. The summed E-state index contributed by atoms with van der Waals surface area (Å²) in [6.07, 6.45) is 1.21. The van der Waals surface area contributed by atoms with Crippen LogP contribution in [-0.2, 0) is 9.84 Å². The van der Waals surface area contributed by atoms with Gasteiger partial charge in [-0.15, -0.1) is 0 Å². The second-order valence-electron chi connectivity index (χ2n) is 3.20. The third-order valence-electron chi connectivity index (χ3n) is 2.05. The molecule has 0 fully saturated rings. The summed E-state index contributed by atoms with van der Waals surface area (Å²) < 4.78 is 28.6. The number of benzene rings is 1. The van der Waals surface area contributed by atoms with E-state index in [0.29, 0.717) is 5.75 Å². The molecule has 1 heterocycles. The highest BCUT2D eigenvalue weighted by Gasteiger charge is 2.30. The first-order valence-corrected chi connectivity index (χ1v) is 6.71. The molecule has 0 amide bonds. The molecular weight excluding hydrogens is 294 g/mol. The van der Waals surface area contributed by atoms with Crippen molar-refractivity contribution in [3.8, 4) is 5.75 Å². The van der Waals surface area contributed by atoms with Crippen molar-refractivity contribution >= 4 is 31.0 Å². The number of hydrogen-bond acceptors (Lipinski definition) is 4. The van der Waals surface area contributed by atoms with E-state index in [-0.39, 0.29) is 9.04 Å². The first-order chi connectivity index (χ1) is 7.51. The average molecular weight is 302 g/mol. The molecule has 1 aromatic carbocycles. The lowest BCUT2D eigenvalue weighted by molar-refractivity contribution is 0.546. The van der Waals surface area contributed by atoms with Gasteiger partial charge in [-0.3, -0.25) is 0 Å². The number of halogens is 1. The minimum Gasteiger partial charge on any atom is -0.430 e. The van der Waals surface area contributed by atoms with Crippen LogP contribution in [0.1, 0.15) is 5.56 Å². The minimum absolute atomic E-state index is 0.0172. The van der Waals surface area contributed by atoms with Gasteiger partial charge in [0.25, 0.3) is 9.84 Å². The lowest BCUT2D eigenvalue weighted by Crippen LogP contribution is -2.18. The summed E-state index contributed by atoms with van der Waals surface area (Å²) in [7, 11) is -3.58. The molecule has 1 aliphatic rings. The quantitative estimate of drug-likeness (QED) is 0.800. The maximum Gasteiger partial charge on any atom is 0.320 e. The third kappa shape index (κ3) is 1.90. The van der Waals surface area contributed by atoms with Crippen LogP contribution >= 0.6 is 15.9 Å². The molecular formula is C10H8BrNO3S. The van der Waals surface area contributed by atoms with Crippen molar-refractivity contribution in [2.75, 3.05) is 0 Å². The Labute approximate surface area is 102 Å². The molecule has 0 atom stereocenters. The van der Waals surface area contributed by atoms with E-state index in [9.17, 15) is 8.42 Å². The summed E-state index contributed by atoms with van der Waals surface area (Å²) in [5, 5.41) is -0.298. The largest absolute Gasteiger partial charge is 0.430 e. The molecule has 16 heavy (non-hydrogen) atoms. The molecule has 1 aromatic rings. The fourth-order valence-electron chi connectivity index (χ4n) is 1.17. The van der Waals surface area contributed by atoms with Gasteiger partial charge in [-0.1, -0.05) is 18.2 Å². The van der Waals surface area contributed by atoms with E-state index in [1.54, 1.807) is 12.1 Å². The number of nitrogens with zero attached hydrogens (tertiary/aromatic N) is 1. The second kappa shape index (κ2) is 4.03. The maximum atomic E-state index is 11.6. The van der Waals surface area contributed by atoms with Gasteiger partial charge in [-0.2, -0.15) is 0 Å². The lowest BCUT2D eigenvalue weighted by atomic mass is 10.2. The van der Waals surface area contributed by atoms with Crippen LogP contribution in [0.25, 0.3) is 0 Å². The Morgan fingerprint density at radius 1 is 1.31 bits per heavy atom. The van der Waals surface area contributed by atoms with Crippen molar-refractivity contribution in [3.63, 3.8) is 0 Å². The molecule has 4 nitrogen and oxygen atoms in total. The number of rotatable bonds is 1. The normalized spacial score (nSPS) is 17.9. The summed E-state index contributed by atoms with van der Waals surface area (Å²) in [6.45, 7) is 1.83. The zero-order valence-electron chi connectivity index (χ0n) is 8.34. The fraction of sp³-hybridized carbons (Fsp3) is 0.100. The predicted molar refractivity (Wildman–Crippen MR) is 65.2 cm³/mol. The highest BCUT2D eigenvalue weighted by atomic mass is 79.9. The van der Waals surface area contributed by atoms with Gasteiger partial charge in [-0.05, 0) is 34.5 Å². The average Bonchev–Trinajstić information content (AvgIpc) is 2.48. The first-order valence-electron chi connectivity index (χ1n) is 4.44. The van der Waals surface area contributed by atoms with Crippen molar-refractivity contribution < 1.29 is 13.2 Å². The molecule has 6 heteroatoms. The van der Waals surface area contributed by atoms with Gasteiger partial charge in [-0.25, -0.2) is 13.4 Å². The van der Waals surface area contributed by atoms with Gasteiger partial charge in [0.2, 0.25) is 0 Å². The van der Waals surface area contributed by atoms with Crippen molar-refractivity contribution in [1.29, 1.82) is 0 Å². The van der Waals surface area contributed by atoms with Crippen molar-refractivity contribution in [2.24, 2.45) is 4.99 Å². The highest BCUT2D eigenvalue weighted by Crippen LogP contribution is 2.26. The predicted octanol–water partition coefficient (Wildman–Crippen LogP) is 2.35.